The average molecular weight is 434 g/mol. The number of aromatic nitrogens is 5. The van der Waals surface area contributed by atoms with Crippen LogP contribution in [0.5, 0.6) is 5.75 Å². The number of benzene rings is 3. The Balaban J connectivity index is 1.25. The van der Waals surface area contributed by atoms with Gasteiger partial charge in [0.2, 0.25) is 0 Å². The van der Waals surface area contributed by atoms with Crippen LogP contribution in [-0.2, 0) is 19.4 Å². The maximum Gasteiger partial charge on any atom is 0.174 e. The van der Waals surface area contributed by atoms with Crippen molar-refractivity contribution in [3.8, 4) is 5.75 Å². The van der Waals surface area contributed by atoms with E-state index >= 15 is 0 Å². The van der Waals surface area contributed by atoms with E-state index in [2.05, 4.69) is 74.2 Å². The molecule has 0 unspecified atom stereocenters. The maximum atomic E-state index is 6.02. The summed E-state index contributed by atoms with van der Waals surface area (Å²) in [5.41, 5.74) is 5.38. The van der Waals surface area contributed by atoms with Crippen LogP contribution in [0.25, 0.3) is 23.1 Å². The fourth-order valence-electron chi connectivity index (χ4n) is 3.70. The van der Waals surface area contributed by atoms with E-state index in [0.717, 1.165) is 46.6 Å². The van der Waals surface area contributed by atoms with Gasteiger partial charge in [0.25, 0.3) is 0 Å². The number of fused-ring (bicyclic) bond motifs is 1. The van der Waals surface area contributed by atoms with Crippen molar-refractivity contribution in [2.75, 3.05) is 0 Å². The molecule has 0 aliphatic heterocycles. The minimum absolute atomic E-state index is 0.427. The van der Waals surface area contributed by atoms with E-state index in [1.54, 1.807) is 0 Å². The predicted octanol–water partition coefficient (Wildman–Crippen LogP) is 5.28. The normalized spacial score (nSPS) is 11.3. The molecular formula is C27H23N5O. The van der Waals surface area contributed by atoms with Gasteiger partial charge in [-0.15, -0.1) is 10.2 Å². The summed E-state index contributed by atoms with van der Waals surface area (Å²) in [7, 11) is 0. The Kier molecular flexibility index (Phi) is 6.15. The van der Waals surface area contributed by atoms with Crippen molar-refractivity contribution in [2.45, 2.75) is 19.4 Å². The van der Waals surface area contributed by atoms with Crippen LogP contribution in [0.1, 0.15) is 28.2 Å². The highest BCUT2D eigenvalue weighted by atomic mass is 16.5. The molecule has 2 aromatic heterocycles. The molecule has 2 heterocycles. The molecule has 5 aromatic rings. The molecule has 0 saturated carbocycles. The lowest BCUT2D eigenvalue weighted by atomic mass is 10.0. The standard InChI is InChI=1S/C27H23N5O/c1-2-8-22(15-17-27-29-31-32-30-27)21(7-1)13-12-20-6-5-10-25(18-20)33-19-24-16-14-23-9-3-4-11-26(23)28-24/h1-14,16,18H,15,17,19H2,(H,29,30,31,32). The van der Waals surface area contributed by atoms with Gasteiger partial charge in [0, 0.05) is 11.8 Å². The van der Waals surface area contributed by atoms with Gasteiger partial charge in [0.05, 0.1) is 11.2 Å². The van der Waals surface area contributed by atoms with Crippen LogP contribution in [-0.4, -0.2) is 25.6 Å². The minimum Gasteiger partial charge on any atom is -0.487 e. The summed E-state index contributed by atoms with van der Waals surface area (Å²) in [6.07, 6.45) is 5.83. The topological polar surface area (TPSA) is 76.6 Å². The number of aromatic amines is 1. The van der Waals surface area contributed by atoms with Gasteiger partial charge >= 0.3 is 0 Å². The Hall–Kier alpha value is -4.32. The Morgan fingerprint density at radius 1 is 0.818 bits per heavy atom. The van der Waals surface area contributed by atoms with E-state index < -0.39 is 0 Å². The van der Waals surface area contributed by atoms with Crippen LogP contribution in [0.15, 0.2) is 84.9 Å². The third kappa shape index (κ3) is 5.30. The minimum atomic E-state index is 0.427. The molecule has 0 radical (unpaired) electrons. The van der Waals surface area contributed by atoms with Crippen molar-refractivity contribution in [3.05, 3.63) is 113 Å². The molecule has 6 nitrogen and oxygen atoms in total. The van der Waals surface area contributed by atoms with Crippen LogP contribution >= 0.6 is 0 Å². The van der Waals surface area contributed by atoms with Gasteiger partial charge < -0.3 is 4.74 Å². The van der Waals surface area contributed by atoms with Crippen molar-refractivity contribution in [2.24, 2.45) is 0 Å². The number of hydrogen-bond donors (Lipinski definition) is 1. The molecular weight excluding hydrogens is 410 g/mol. The van der Waals surface area contributed by atoms with Crippen LogP contribution in [0.4, 0.5) is 0 Å². The third-order valence-electron chi connectivity index (χ3n) is 5.42. The molecule has 0 amide bonds. The van der Waals surface area contributed by atoms with E-state index in [0.29, 0.717) is 6.61 Å². The fraction of sp³-hybridized carbons (Fsp3) is 0.111. The largest absolute Gasteiger partial charge is 0.487 e. The molecule has 6 heteroatoms. The molecule has 162 valence electrons. The van der Waals surface area contributed by atoms with Gasteiger partial charge in [-0.1, -0.05) is 78.0 Å². The van der Waals surface area contributed by atoms with Gasteiger partial charge in [-0.3, -0.25) is 0 Å². The number of ether oxygens (including phenoxy) is 1. The number of H-pyrrole nitrogens is 1. The lowest BCUT2D eigenvalue weighted by molar-refractivity contribution is 0.302. The first-order chi connectivity index (χ1) is 16.3. The smallest absolute Gasteiger partial charge is 0.174 e. The number of nitrogens with zero attached hydrogens (tertiary/aromatic N) is 4. The van der Waals surface area contributed by atoms with Gasteiger partial charge in [-0.05, 0) is 47.4 Å². The highest BCUT2D eigenvalue weighted by Gasteiger charge is 2.04. The second kappa shape index (κ2) is 9.87. The first kappa shape index (κ1) is 20.6. The lowest BCUT2D eigenvalue weighted by Gasteiger charge is -2.08. The summed E-state index contributed by atoms with van der Waals surface area (Å²) in [4.78, 5) is 4.68. The van der Waals surface area contributed by atoms with E-state index in [-0.39, 0.29) is 0 Å². The number of aryl methyl sites for hydroxylation is 2. The number of para-hydroxylation sites is 1. The van der Waals surface area contributed by atoms with Crippen LogP contribution in [0.3, 0.4) is 0 Å². The Labute approximate surface area is 192 Å². The van der Waals surface area contributed by atoms with Crippen molar-refractivity contribution in [1.82, 2.24) is 25.6 Å². The second-order valence-corrected chi connectivity index (χ2v) is 7.72. The second-order valence-electron chi connectivity index (χ2n) is 7.72. The van der Waals surface area contributed by atoms with Gasteiger partial charge in [-0.25, -0.2) is 4.98 Å². The highest BCUT2D eigenvalue weighted by Crippen LogP contribution is 2.20. The first-order valence-corrected chi connectivity index (χ1v) is 10.9. The molecule has 3 aromatic carbocycles. The van der Waals surface area contributed by atoms with Crippen LogP contribution < -0.4 is 4.74 Å². The zero-order valence-corrected chi connectivity index (χ0v) is 18.1. The molecule has 5 rings (SSSR count). The molecule has 1 N–H and O–H groups in total. The zero-order valence-electron chi connectivity index (χ0n) is 18.1. The molecule has 0 aliphatic carbocycles. The fourth-order valence-corrected chi connectivity index (χ4v) is 3.70. The van der Waals surface area contributed by atoms with Crippen molar-refractivity contribution in [3.63, 3.8) is 0 Å². The SMILES string of the molecule is C(=Cc1ccccc1CCc1nn[nH]n1)c1cccc(OCc2ccc3ccccc3n2)c1. The molecule has 0 spiro atoms. The Bertz CT molecular complexity index is 1380. The summed E-state index contributed by atoms with van der Waals surface area (Å²) in [5, 5.41) is 15.3. The van der Waals surface area contributed by atoms with Crippen molar-refractivity contribution >= 4 is 23.1 Å². The van der Waals surface area contributed by atoms with Crippen molar-refractivity contribution < 1.29 is 4.74 Å². The lowest BCUT2D eigenvalue weighted by Crippen LogP contribution is -1.98. The van der Waals surface area contributed by atoms with Crippen molar-refractivity contribution in [1.29, 1.82) is 0 Å². The molecule has 0 aliphatic rings. The summed E-state index contributed by atoms with van der Waals surface area (Å²) in [5.74, 6) is 1.54. The van der Waals surface area contributed by atoms with E-state index in [4.69, 9.17) is 4.74 Å². The highest BCUT2D eigenvalue weighted by molar-refractivity contribution is 5.78. The number of nitrogens with one attached hydrogen (secondary N) is 1. The molecule has 33 heavy (non-hydrogen) atoms. The van der Waals surface area contributed by atoms with Gasteiger partial charge in [0.15, 0.2) is 5.82 Å². The summed E-state index contributed by atoms with van der Waals surface area (Å²) in [6, 6.07) is 28.6. The molecule has 0 saturated heterocycles. The quantitative estimate of drug-likeness (QED) is 0.337. The summed E-state index contributed by atoms with van der Waals surface area (Å²) < 4.78 is 6.02. The Morgan fingerprint density at radius 3 is 2.67 bits per heavy atom. The van der Waals surface area contributed by atoms with E-state index in [1.807, 2.05) is 48.5 Å². The van der Waals surface area contributed by atoms with E-state index in [1.165, 1.54) is 11.1 Å². The maximum absolute atomic E-state index is 6.02. The number of hydrogen-bond acceptors (Lipinski definition) is 5. The number of pyridine rings is 1. The first-order valence-electron chi connectivity index (χ1n) is 10.9. The summed E-state index contributed by atoms with van der Waals surface area (Å²) >= 11 is 0. The van der Waals surface area contributed by atoms with Gasteiger partial charge in [0.1, 0.15) is 12.4 Å². The summed E-state index contributed by atoms with van der Waals surface area (Å²) in [6.45, 7) is 0.427. The number of rotatable bonds is 8. The average Bonchev–Trinajstić information content (AvgIpc) is 3.39. The monoisotopic (exact) mass is 433 g/mol. The third-order valence-corrected chi connectivity index (χ3v) is 5.42. The van der Waals surface area contributed by atoms with Gasteiger partial charge in [-0.2, -0.15) is 5.21 Å². The zero-order chi connectivity index (χ0) is 22.3. The Morgan fingerprint density at radius 2 is 1.73 bits per heavy atom. The predicted molar refractivity (Wildman–Crippen MR) is 129 cm³/mol. The molecule has 0 fully saturated rings. The number of tetrazole rings is 1. The molecule has 0 bridgehead atoms. The van der Waals surface area contributed by atoms with Crippen LogP contribution in [0.2, 0.25) is 0 Å². The van der Waals surface area contributed by atoms with E-state index in [9.17, 15) is 0 Å². The van der Waals surface area contributed by atoms with Crippen LogP contribution in [0, 0.1) is 0 Å². The molecule has 0 atom stereocenters.